The molecular weight excluding hydrogens is 609 g/mol. The summed E-state index contributed by atoms with van der Waals surface area (Å²) in [5.74, 6) is 0. The van der Waals surface area contributed by atoms with Crippen molar-refractivity contribution in [1.82, 2.24) is 0 Å². The second-order valence-electron chi connectivity index (χ2n) is 13.2. The van der Waals surface area contributed by atoms with E-state index in [2.05, 4.69) is 146 Å². The molecule has 11 rings (SSSR count). The highest BCUT2D eigenvalue weighted by atomic mass is 16.3. The minimum atomic E-state index is 0.843. The fourth-order valence-electron chi connectivity index (χ4n) is 8.29. The molecule has 0 aliphatic rings. The van der Waals surface area contributed by atoms with Crippen LogP contribution in [0.1, 0.15) is 0 Å². The van der Waals surface area contributed by atoms with E-state index in [1.165, 1.54) is 54.6 Å². The summed E-state index contributed by atoms with van der Waals surface area (Å²) in [5, 5.41) is 11.7. The number of hydrogen-bond donors (Lipinski definition) is 0. The second-order valence-corrected chi connectivity index (χ2v) is 13.2. The number of rotatable bonds is 3. The van der Waals surface area contributed by atoms with Crippen LogP contribution >= 0.6 is 0 Å². The number of furan rings is 2. The molecule has 0 bridgehead atoms. The Bertz CT molecular complexity index is 3090. The van der Waals surface area contributed by atoms with E-state index in [4.69, 9.17) is 8.83 Å². The highest BCUT2D eigenvalue weighted by Gasteiger charge is 2.22. The van der Waals surface area contributed by atoms with Crippen LogP contribution < -0.4 is 0 Å². The van der Waals surface area contributed by atoms with Gasteiger partial charge in [-0.1, -0.05) is 146 Å². The average Bonchev–Trinajstić information content (AvgIpc) is 3.75. The van der Waals surface area contributed by atoms with Gasteiger partial charge in [0.25, 0.3) is 0 Å². The third-order valence-corrected chi connectivity index (χ3v) is 10.4. The first kappa shape index (κ1) is 27.3. The zero-order valence-corrected chi connectivity index (χ0v) is 27.0. The Morgan fingerprint density at radius 3 is 1.56 bits per heavy atom. The zero-order chi connectivity index (χ0) is 32.8. The first-order valence-electron chi connectivity index (χ1n) is 17.1. The van der Waals surface area contributed by atoms with Gasteiger partial charge in [0.1, 0.15) is 22.3 Å². The summed E-state index contributed by atoms with van der Waals surface area (Å²) >= 11 is 0. The third kappa shape index (κ3) is 3.85. The molecule has 9 aromatic carbocycles. The van der Waals surface area contributed by atoms with Gasteiger partial charge in [0.2, 0.25) is 0 Å². The minimum Gasteiger partial charge on any atom is -0.455 e. The van der Waals surface area contributed by atoms with Crippen molar-refractivity contribution in [3.8, 4) is 33.4 Å². The van der Waals surface area contributed by atoms with Crippen molar-refractivity contribution in [2.24, 2.45) is 0 Å². The lowest BCUT2D eigenvalue weighted by molar-refractivity contribution is 0.663. The van der Waals surface area contributed by atoms with Crippen LogP contribution in [0.25, 0.3) is 110 Å². The Hall–Kier alpha value is -6.64. The minimum absolute atomic E-state index is 0.843. The lowest BCUT2D eigenvalue weighted by Gasteiger charge is -2.19. The van der Waals surface area contributed by atoms with Gasteiger partial charge in [-0.25, -0.2) is 0 Å². The smallest absolute Gasteiger partial charge is 0.147 e. The van der Waals surface area contributed by atoms with Crippen LogP contribution in [0.3, 0.4) is 0 Å². The summed E-state index contributed by atoms with van der Waals surface area (Å²) in [7, 11) is 0. The van der Waals surface area contributed by atoms with E-state index in [9.17, 15) is 0 Å². The molecule has 0 aliphatic carbocycles. The first-order valence-corrected chi connectivity index (χ1v) is 17.1. The van der Waals surface area contributed by atoms with E-state index in [0.717, 1.165) is 55.0 Å². The van der Waals surface area contributed by atoms with Crippen molar-refractivity contribution >= 4 is 76.2 Å². The summed E-state index contributed by atoms with van der Waals surface area (Å²) in [6.45, 7) is 0. The Balaban J connectivity index is 1.22. The van der Waals surface area contributed by atoms with E-state index >= 15 is 0 Å². The van der Waals surface area contributed by atoms with Gasteiger partial charge in [0, 0.05) is 21.7 Å². The van der Waals surface area contributed by atoms with Gasteiger partial charge in [0.05, 0.1) is 5.39 Å². The molecule has 50 heavy (non-hydrogen) atoms. The first-order chi connectivity index (χ1) is 24.8. The average molecular weight is 637 g/mol. The van der Waals surface area contributed by atoms with Gasteiger partial charge in [-0.05, 0) is 84.4 Å². The van der Waals surface area contributed by atoms with Crippen LogP contribution in [0, 0.1) is 0 Å². The molecule has 0 N–H and O–H groups in total. The van der Waals surface area contributed by atoms with Crippen LogP contribution in [0.5, 0.6) is 0 Å². The topological polar surface area (TPSA) is 26.3 Å². The molecule has 2 aromatic heterocycles. The SMILES string of the molecule is c1cc(-c2c3ccccc3c(-c3cccc4ccccc34)c3ccccc23)cc(-c2cc3c4ccccc4oc3c3c2oc2ccccc23)c1. The summed E-state index contributed by atoms with van der Waals surface area (Å²) in [5.41, 5.74) is 10.5. The molecule has 0 atom stereocenters. The lowest BCUT2D eigenvalue weighted by atomic mass is 9.84. The molecule has 0 saturated heterocycles. The predicted molar refractivity (Wildman–Crippen MR) is 210 cm³/mol. The van der Waals surface area contributed by atoms with E-state index in [-0.39, 0.29) is 0 Å². The number of hydrogen-bond acceptors (Lipinski definition) is 2. The fourth-order valence-corrected chi connectivity index (χ4v) is 8.29. The molecule has 0 fully saturated rings. The maximum atomic E-state index is 6.67. The van der Waals surface area contributed by atoms with Crippen molar-refractivity contribution in [2.45, 2.75) is 0 Å². The number of fused-ring (bicyclic) bond motifs is 10. The van der Waals surface area contributed by atoms with E-state index in [1.54, 1.807) is 0 Å². The van der Waals surface area contributed by atoms with Crippen molar-refractivity contribution < 1.29 is 8.83 Å². The fraction of sp³-hybridized carbons (Fsp3) is 0. The summed E-state index contributed by atoms with van der Waals surface area (Å²) < 4.78 is 13.2. The Kier molecular flexibility index (Phi) is 5.70. The highest BCUT2D eigenvalue weighted by Crippen LogP contribution is 2.47. The Labute approximate surface area is 287 Å². The number of para-hydroxylation sites is 2. The summed E-state index contributed by atoms with van der Waals surface area (Å²) in [6, 6.07) is 60.9. The predicted octanol–water partition coefficient (Wildman–Crippen LogP) is 13.9. The molecule has 0 amide bonds. The molecule has 0 radical (unpaired) electrons. The molecule has 11 aromatic rings. The van der Waals surface area contributed by atoms with Gasteiger partial charge < -0.3 is 8.83 Å². The van der Waals surface area contributed by atoms with Crippen molar-refractivity contribution in [3.63, 3.8) is 0 Å². The maximum Gasteiger partial charge on any atom is 0.147 e. The Morgan fingerprint density at radius 1 is 0.300 bits per heavy atom. The second kappa shape index (κ2) is 10.4. The van der Waals surface area contributed by atoms with Gasteiger partial charge >= 0.3 is 0 Å². The highest BCUT2D eigenvalue weighted by molar-refractivity contribution is 6.26. The molecular formula is C48H28O2. The van der Waals surface area contributed by atoms with Gasteiger partial charge in [-0.15, -0.1) is 0 Å². The van der Waals surface area contributed by atoms with E-state index < -0.39 is 0 Å². The maximum absolute atomic E-state index is 6.67. The molecule has 0 saturated carbocycles. The van der Waals surface area contributed by atoms with E-state index in [1.807, 2.05) is 24.3 Å². The molecule has 0 unspecified atom stereocenters. The summed E-state index contributed by atoms with van der Waals surface area (Å²) in [4.78, 5) is 0. The van der Waals surface area contributed by atoms with Gasteiger partial charge in [0.15, 0.2) is 0 Å². The van der Waals surface area contributed by atoms with Crippen LogP contribution in [-0.2, 0) is 0 Å². The monoisotopic (exact) mass is 636 g/mol. The zero-order valence-electron chi connectivity index (χ0n) is 27.0. The van der Waals surface area contributed by atoms with E-state index in [0.29, 0.717) is 0 Å². The standard InChI is InChI=1S/C48H28O2/c1-2-17-32-29(13-1)14-12-24-34(32)45-37-21-5-3-19-35(37)44(36-20-4-6-22-38(36)45)31-16-11-15-30(27-31)40-28-41-33-18-7-9-25-42(33)49-48(41)46-39-23-8-10-26-43(39)50-47(40)46/h1-28H. The molecule has 0 aliphatic heterocycles. The van der Waals surface area contributed by atoms with Gasteiger partial charge in [-0.3, -0.25) is 0 Å². The van der Waals surface area contributed by atoms with Crippen molar-refractivity contribution in [3.05, 3.63) is 170 Å². The lowest BCUT2D eigenvalue weighted by Crippen LogP contribution is -1.92. The third-order valence-electron chi connectivity index (χ3n) is 10.4. The molecule has 0 spiro atoms. The van der Waals surface area contributed by atoms with Crippen LogP contribution in [0.4, 0.5) is 0 Å². The normalized spacial score (nSPS) is 12.0. The van der Waals surface area contributed by atoms with Crippen LogP contribution in [0.2, 0.25) is 0 Å². The van der Waals surface area contributed by atoms with Gasteiger partial charge in [-0.2, -0.15) is 0 Å². The largest absolute Gasteiger partial charge is 0.455 e. The molecule has 2 heteroatoms. The Morgan fingerprint density at radius 2 is 0.820 bits per heavy atom. The van der Waals surface area contributed by atoms with Crippen LogP contribution in [-0.4, -0.2) is 0 Å². The molecule has 232 valence electrons. The summed E-state index contributed by atoms with van der Waals surface area (Å²) in [6.07, 6.45) is 0. The quantitative estimate of drug-likeness (QED) is 0.180. The van der Waals surface area contributed by atoms with Crippen molar-refractivity contribution in [2.75, 3.05) is 0 Å². The molecule has 2 heterocycles. The number of benzene rings is 9. The van der Waals surface area contributed by atoms with Crippen molar-refractivity contribution in [1.29, 1.82) is 0 Å². The van der Waals surface area contributed by atoms with Crippen LogP contribution in [0.15, 0.2) is 179 Å². The molecule has 2 nitrogen and oxygen atoms in total.